The maximum absolute atomic E-state index is 6.40. The smallest absolute Gasteiger partial charge is 0.180 e. The highest BCUT2D eigenvalue weighted by Crippen LogP contribution is 2.37. The molecule has 0 aliphatic carbocycles. The van der Waals surface area contributed by atoms with Crippen molar-refractivity contribution in [2.24, 2.45) is 0 Å². The first-order chi connectivity index (χ1) is 12.1. The lowest BCUT2D eigenvalue weighted by molar-refractivity contribution is 0.0374. The molecule has 0 saturated carbocycles. The molecule has 6 heteroatoms. The number of hydrogen-bond acceptors (Lipinski definition) is 5. The van der Waals surface area contributed by atoms with E-state index in [4.69, 9.17) is 25.8 Å². The topological polar surface area (TPSA) is 43.0 Å². The Kier molecular flexibility index (Phi) is 8.82. The molecule has 25 heavy (non-hydrogen) atoms. The molecule has 0 amide bonds. The van der Waals surface area contributed by atoms with Crippen molar-refractivity contribution in [1.82, 2.24) is 10.2 Å². The zero-order valence-electron chi connectivity index (χ0n) is 15.6. The summed E-state index contributed by atoms with van der Waals surface area (Å²) in [6.07, 6.45) is 1.18. The van der Waals surface area contributed by atoms with Crippen LogP contribution in [0.2, 0.25) is 5.02 Å². The van der Waals surface area contributed by atoms with Crippen LogP contribution < -0.4 is 14.8 Å². The van der Waals surface area contributed by atoms with Gasteiger partial charge in [0.1, 0.15) is 0 Å². The molecule has 1 aromatic rings. The van der Waals surface area contributed by atoms with E-state index >= 15 is 0 Å². The first-order valence-electron chi connectivity index (χ1n) is 9.22. The van der Waals surface area contributed by atoms with E-state index in [2.05, 4.69) is 10.2 Å². The molecule has 2 rings (SSSR count). The van der Waals surface area contributed by atoms with E-state index in [1.54, 1.807) is 0 Å². The number of nitrogens with one attached hydrogen (secondary N) is 1. The van der Waals surface area contributed by atoms with Crippen molar-refractivity contribution < 1.29 is 14.2 Å². The zero-order chi connectivity index (χ0) is 18.1. The normalized spacial score (nSPS) is 15.6. The van der Waals surface area contributed by atoms with Gasteiger partial charge in [-0.15, -0.1) is 0 Å². The van der Waals surface area contributed by atoms with E-state index in [1.807, 2.05) is 32.9 Å². The van der Waals surface area contributed by atoms with Gasteiger partial charge in [-0.25, -0.2) is 0 Å². The van der Waals surface area contributed by atoms with Crippen molar-refractivity contribution in [1.29, 1.82) is 0 Å². The predicted molar refractivity (Wildman–Crippen MR) is 102 cm³/mol. The number of rotatable bonds is 10. The highest BCUT2D eigenvalue weighted by atomic mass is 35.5. The first-order valence-corrected chi connectivity index (χ1v) is 9.60. The molecule has 1 aromatic carbocycles. The van der Waals surface area contributed by atoms with Crippen molar-refractivity contribution in [2.75, 3.05) is 46.0 Å². The molecule has 1 aliphatic heterocycles. The maximum Gasteiger partial charge on any atom is 0.180 e. The van der Waals surface area contributed by atoms with Crippen molar-refractivity contribution in [3.8, 4) is 11.5 Å². The van der Waals surface area contributed by atoms with Gasteiger partial charge < -0.3 is 19.5 Å². The zero-order valence-corrected chi connectivity index (χ0v) is 16.4. The van der Waals surface area contributed by atoms with Crippen LogP contribution in [-0.4, -0.2) is 57.0 Å². The fraction of sp³-hybridized carbons (Fsp3) is 0.684. The van der Waals surface area contributed by atoms with Crippen molar-refractivity contribution >= 4 is 11.6 Å². The summed E-state index contributed by atoms with van der Waals surface area (Å²) in [4.78, 5) is 2.45. The lowest BCUT2D eigenvalue weighted by atomic mass is 10.2. The second-order valence-electron chi connectivity index (χ2n) is 6.49. The Morgan fingerprint density at radius 1 is 1.28 bits per heavy atom. The maximum atomic E-state index is 6.40. The molecule has 0 bridgehead atoms. The summed E-state index contributed by atoms with van der Waals surface area (Å²) in [6.45, 7) is 13.2. The van der Waals surface area contributed by atoms with Gasteiger partial charge in [0.25, 0.3) is 0 Å². The van der Waals surface area contributed by atoms with Crippen LogP contribution in [0.3, 0.4) is 0 Å². The van der Waals surface area contributed by atoms with E-state index in [0.29, 0.717) is 23.1 Å². The molecular weight excluding hydrogens is 340 g/mol. The summed E-state index contributed by atoms with van der Waals surface area (Å²) in [5.41, 5.74) is 1.11. The quantitative estimate of drug-likeness (QED) is 0.640. The molecule has 0 atom stereocenters. The third-order valence-electron chi connectivity index (χ3n) is 3.98. The number of morpholine rings is 1. The third-order valence-corrected chi connectivity index (χ3v) is 4.26. The van der Waals surface area contributed by atoms with Crippen LogP contribution in [0.1, 0.15) is 32.8 Å². The largest absolute Gasteiger partial charge is 0.490 e. The first kappa shape index (κ1) is 20.3. The van der Waals surface area contributed by atoms with Gasteiger partial charge >= 0.3 is 0 Å². The Morgan fingerprint density at radius 3 is 2.72 bits per heavy atom. The van der Waals surface area contributed by atoms with Crippen LogP contribution in [0, 0.1) is 0 Å². The van der Waals surface area contributed by atoms with Crippen LogP contribution in [0.5, 0.6) is 11.5 Å². The average molecular weight is 371 g/mol. The standard InChI is InChI=1S/C19H31ClN2O3/c1-4-24-18-13-16(12-17(20)19(18)25-15(2)3)14-21-6-5-7-22-8-10-23-11-9-22/h12-13,15,21H,4-11,14H2,1-3H3. The van der Waals surface area contributed by atoms with Crippen LogP contribution >= 0.6 is 11.6 Å². The molecule has 0 radical (unpaired) electrons. The molecule has 1 fully saturated rings. The van der Waals surface area contributed by atoms with E-state index < -0.39 is 0 Å². The number of halogens is 1. The number of benzene rings is 1. The van der Waals surface area contributed by atoms with E-state index in [-0.39, 0.29) is 6.10 Å². The second kappa shape index (κ2) is 10.9. The van der Waals surface area contributed by atoms with Crippen LogP contribution in [-0.2, 0) is 11.3 Å². The Labute approximate surface area is 156 Å². The van der Waals surface area contributed by atoms with Crippen molar-refractivity contribution in [2.45, 2.75) is 39.8 Å². The SMILES string of the molecule is CCOc1cc(CNCCCN2CCOCC2)cc(Cl)c1OC(C)C. The van der Waals surface area contributed by atoms with E-state index in [0.717, 1.165) is 57.9 Å². The highest BCUT2D eigenvalue weighted by molar-refractivity contribution is 6.32. The summed E-state index contributed by atoms with van der Waals surface area (Å²) in [5.74, 6) is 1.35. The van der Waals surface area contributed by atoms with Gasteiger partial charge in [-0.3, -0.25) is 4.90 Å². The average Bonchev–Trinajstić information content (AvgIpc) is 2.58. The summed E-state index contributed by atoms with van der Waals surface area (Å²) in [6, 6.07) is 3.97. The monoisotopic (exact) mass is 370 g/mol. The Balaban J connectivity index is 1.82. The fourth-order valence-electron chi connectivity index (χ4n) is 2.82. The molecular formula is C19H31ClN2O3. The number of hydrogen-bond donors (Lipinski definition) is 1. The summed E-state index contributed by atoms with van der Waals surface area (Å²) in [5, 5.41) is 4.09. The molecule has 0 unspecified atom stereocenters. The third kappa shape index (κ3) is 7.02. The van der Waals surface area contributed by atoms with Crippen LogP contribution in [0.15, 0.2) is 12.1 Å². The lowest BCUT2D eigenvalue weighted by Gasteiger charge is -2.26. The molecule has 0 spiro atoms. The second-order valence-corrected chi connectivity index (χ2v) is 6.90. The van der Waals surface area contributed by atoms with Gasteiger partial charge in [-0.05, 0) is 58.0 Å². The van der Waals surface area contributed by atoms with Gasteiger partial charge in [0, 0.05) is 19.6 Å². The molecule has 1 aliphatic rings. The van der Waals surface area contributed by atoms with E-state index in [1.165, 1.54) is 0 Å². The minimum absolute atomic E-state index is 0.0564. The van der Waals surface area contributed by atoms with Crippen LogP contribution in [0.4, 0.5) is 0 Å². The molecule has 1 N–H and O–H groups in total. The minimum atomic E-state index is 0.0564. The Hall–Kier alpha value is -1.01. The summed E-state index contributed by atoms with van der Waals surface area (Å²) >= 11 is 6.40. The van der Waals surface area contributed by atoms with Gasteiger partial charge in [-0.1, -0.05) is 11.6 Å². The molecule has 142 valence electrons. The van der Waals surface area contributed by atoms with Gasteiger partial charge in [0.15, 0.2) is 11.5 Å². The minimum Gasteiger partial charge on any atom is -0.490 e. The molecule has 5 nitrogen and oxygen atoms in total. The Morgan fingerprint density at radius 2 is 2.04 bits per heavy atom. The molecule has 1 heterocycles. The van der Waals surface area contributed by atoms with Crippen molar-refractivity contribution in [3.63, 3.8) is 0 Å². The van der Waals surface area contributed by atoms with Crippen LogP contribution in [0.25, 0.3) is 0 Å². The van der Waals surface area contributed by atoms with Crippen molar-refractivity contribution in [3.05, 3.63) is 22.7 Å². The summed E-state index contributed by atoms with van der Waals surface area (Å²) in [7, 11) is 0. The van der Waals surface area contributed by atoms with Gasteiger partial charge in [0.05, 0.1) is 30.9 Å². The molecule has 0 aromatic heterocycles. The predicted octanol–water partition coefficient (Wildman–Crippen LogP) is 3.34. The van der Waals surface area contributed by atoms with Gasteiger partial charge in [0.2, 0.25) is 0 Å². The number of nitrogens with zero attached hydrogens (tertiary/aromatic N) is 1. The van der Waals surface area contributed by atoms with E-state index in [9.17, 15) is 0 Å². The fourth-order valence-corrected chi connectivity index (χ4v) is 3.10. The lowest BCUT2D eigenvalue weighted by Crippen LogP contribution is -2.37. The number of ether oxygens (including phenoxy) is 3. The summed E-state index contributed by atoms with van der Waals surface area (Å²) < 4.78 is 16.9. The van der Waals surface area contributed by atoms with Gasteiger partial charge in [-0.2, -0.15) is 0 Å². The Bertz CT molecular complexity index is 520. The highest BCUT2D eigenvalue weighted by Gasteiger charge is 2.14. The molecule has 1 saturated heterocycles.